The first-order chi connectivity index (χ1) is 13.1. The van der Waals surface area contributed by atoms with E-state index in [0.29, 0.717) is 17.9 Å². The smallest absolute Gasteiger partial charge is 0.254 e. The standard InChI is InChI=1S/C20H23F2N3O2.ClH/c1-27-15-3-5-16(19(22)13-15)14-2-4-17(18(21)12-14)20(26)24-8-11-25-9-6-23-7-10-25;/h2-5,12-13,23H,6-11H2,1H3,(H,24,26);1H. The van der Waals surface area contributed by atoms with E-state index in [1.165, 1.54) is 31.4 Å². The fourth-order valence-corrected chi connectivity index (χ4v) is 3.08. The Hall–Kier alpha value is -2.22. The number of halogens is 3. The number of carbonyl (C=O) groups is 1. The van der Waals surface area contributed by atoms with Crippen molar-refractivity contribution in [3.05, 3.63) is 53.6 Å². The Kier molecular flexibility index (Phi) is 8.17. The molecule has 0 spiro atoms. The SMILES string of the molecule is COc1ccc(-c2ccc(C(=O)NCCN3CCNCC3)c(F)c2)c(F)c1.Cl. The Bertz CT molecular complexity index is 814. The zero-order valence-corrected chi connectivity index (χ0v) is 16.5. The average molecular weight is 412 g/mol. The molecule has 5 nitrogen and oxygen atoms in total. The van der Waals surface area contributed by atoms with E-state index in [-0.39, 0.29) is 23.5 Å². The molecule has 3 rings (SSSR count). The normalized spacial score (nSPS) is 14.2. The average Bonchev–Trinajstić information content (AvgIpc) is 2.68. The van der Waals surface area contributed by atoms with Gasteiger partial charge in [-0.05, 0) is 29.8 Å². The number of rotatable bonds is 6. The lowest BCUT2D eigenvalue weighted by atomic mass is 10.0. The number of hydrogen-bond acceptors (Lipinski definition) is 4. The highest BCUT2D eigenvalue weighted by molar-refractivity contribution is 5.95. The number of nitrogens with zero attached hydrogens (tertiary/aromatic N) is 1. The van der Waals surface area contributed by atoms with Crippen molar-refractivity contribution in [3.8, 4) is 16.9 Å². The Morgan fingerprint density at radius 3 is 2.54 bits per heavy atom. The first-order valence-corrected chi connectivity index (χ1v) is 8.93. The van der Waals surface area contributed by atoms with Crippen LogP contribution in [0.5, 0.6) is 5.75 Å². The molecule has 1 heterocycles. The van der Waals surface area contributed by atoms with Crippen molar-refractivity contribution >= 4 is 18.3 Å². The minimum Gasteiger partial charge on any atom is -0.497 e. The molecule has 1 aliphatic rings. The minimum absolute atomic E-state index is 0. The molecule has 0 unspecified atom stereocenters. The highest BCUT2D eigenvalue weighted by Crippen LogP contribution is 2.27. The monoisotopic (exact) mass is 411 g/mol. The predicted molar refractivity (Wildman–Crippen MR) is 107 cm³/mol. The second-order valence-electron chi connectivity index (χ2n) is 6.39. The van der Waals surface area contributed by atoms with Crippen LogP contribution in [0.15, 0.2) is 36.4 Å². The van der Waals surface area contributed by atoms with Crippen LogP contribution >= 0.6 is 12.4 Å². The summed E-state index contributed by atoms with van der Waals surface area (Å²) in [6.07, 6.45) is 0. The van der Waals surface area contributed by atoms with E-state index in [1.54, 1.807) is 12.1 Å². The molecule has 28 heavy (non-hydrogen) atoms. The van der Waals surface area contributed by atoms with E-state index in [4.69, 9.17) is 4.74 Å². The van der Waals surface area contributed by atoms with Crippen molar-refractivity contribution in [1.29, 1.82) is 0 Å². The van der Waals surface area contributed by atoms with Gasteiger partial charge in [-0.1, -0.05) is 6.07 Å². The van der Waals surface area contributed by atoms with Gasteiger partial charge in [0.1, 0.15) is 17.4 Å². The van der Waals surface area contributed by atoms with E-state index < -0.39 is 17.5 Å². The molecular weight excluding hydrogens is 388 g/mol. The lowest BCUT2D eigenvalue weighted by molar-refractivity contribution is 0.0943. The van der Waals surface area contributed by atoms with Gasteiger partial charge < -0.3 is 15.4 Å². The molecule has 0 saturated carbocycles. The van der Waals surface area contributed by atoms with Gasteiger partial charge in [0.15, 0.2) is 0 Å². The summed E-state index contributed by atoms with van der Waals surface area (Å²) in [5.74, 6) is -1.27. The molecule has 0 radical (unpaired) electrons. The molecule has 2 N–H and O–H groups in total. The van der Waals surface area contributed by atoms with Crippen molar-refractivity contribution < 1.29 is 18.3 Å². The van der Waals surface area contributed by atoms with Crippen molar-refractivity contribution in [2.24, 2.45) is 0 Å². The molecule has 1 saturated heterocycles. The van der Waals surface area contributed by atoms with Gasteiger partial charge in [0.05, 0.1) is 12.7 Å². The number of hydrogen-bond donors (Lipinski definition) is 2. The van der Waals surface area contributed by atoms with Crippen LogP contribution in [0.25, 0.3) is 11.1 Å². The fraction of sp³-hybridized carbons (Fsp3) is 0.350. The van der Waals surface area contributed by atoms with Gasteiger partial charge in [0.2, 0.25) is 0 Å². The Morgan fingerprint density at radius 2 is 1.89 bits per heavy atom. The molecule has 0 atom stereocenters. The number of methoxy groups -OCH3 is 1. The number of benzene rings is 2. The summed E-state index contributed by atoms with van der Waals surface area (Å²) in [7, 11) is 1.45. The Morgan fingerprint density at radius 1 is 1.14 bits per heavy atom. The maximum atomic E-state index is 14.4. The van der Waals surface area contributed by atoms with Crippen LogP contribution in [0.2, 0.25) is 0 Å². The largest absolute Gasteiger partial charge is 0.497 e. The van der Waals surface area contributed by atoms with Crippen molar-refractivity contribution in [1.82, 2.24) is 15.5 Å². The third kappa shape index (κ3) is 5.41. The van der Waals surface area contributed by atoms with Crippen LogP contribution in [-0.4, -0.2) is 57.2 Å². The first-order valence-electron chi connectivity index (χ1n) is 8.93. The molecule has 0 aromatic heterocycles. The first kappa shape index (κ1) is 22.1. The Balaban J connectivity index is 0.00000280. The van der Waals surface area contributed by atoms with Crippen LogP contribution in [0.1, 0.15) is 10.4 Å². The second-order valence-corrected chi connectivity index (χ2v) is 6.39. The van der Waals surface area contributed by atoms with Gasteiger partial charge in [-0.15, -0.1) is 12.4 Å². The summed E-state index contributed by atoms with van der Waals surface area (Å²) in [6.45, 7) is 4.92. The van der Waals surface area contributed by atoms with Crippen molar-refractivity contribution in [3.63, 3.8) is 0 Å². The topological polar surface area (TPSA) is 53.6 Å². The third-order valence-electron chi connectivity index (χ3n) is 4.62. The molecule has 2 aromatic rings. The number of piperazine rings is 1. The summed E-state index contributed by atoms with van der Waals surface area (Å²) in [4.78, 5) is 14.5. The molecule has 2 aromatic carbocycles. The van der Waals surface area contributed by atoms with Gasteiger partial charge in [-0.25, -0.2) is 8.78 Å². The zero-order valence-electron chi connectivity index (χ0n) is 15.6. The van der Waals surface area contributed by atoms with E-state index in [1.807, 2.05) is 0 Å². The van der Waals surface area contributed by atoms with Crippen LogP contribution in [0, 0.1) is 11.6 Å². The second kappa shape index (κ2) is 10.4. The fourth-order valence-electron chi connectivity index (χ4n) is 3.08. The zero-order chi connectivity index (χ0) is 19.2. The minimum atomic E-state index is -0.678. The van der Waals surface area contributed by atoms with E-state index in [9.17, 15) is 13.6 Å². The highest BCUT2D eigenvalue weighted by atomic mass is 35.5. The van der Waals surface area contributed by atoms with Crippen molar-refractivity contribution in [2.45, 2.75) is 0 Å². The molecule has 0 aliphatic carbocycles. The van der Waals surface area contributed by atoms with Crippen LogP contribution < -0.4 is 15.4 Å². The van der Waals surface area contributed by atoms with Gasteiger partial charge in [0, 0.05) is 50.9 Å². The highest BCUT2D eigenvalue weighted by Gasteiger charge is 2.15. The molecule has 1 aliphatic heterocycles. The maximum absolute atomic E-state index is 14.4. The van der Waals surface area contributed by atoms with Gasteiger partial charge >= 0.3 is 0 Å². The predicted octanol–water partition coefficient (Wildman–Crippen LogP) is 2.70. The van der Waals surface area contributed by atoms with E-state index in [0.717, 1.165) is 32.7 Å². The van der Waals surface area contributed by atoms with Crippen LogP contribution in [0.4, 0.5) is 8.78 Å². The molecule has 1 fully saturated rings. The number of nitrogens with one attached hydrogen (secondary N) is 2. The number of amides is 1. The van der Waals surface area contributed by atoms with Gasteiger partial charge in [-0.2, -0.15) is 0 Å². The van der Waals surface area contributed by atoms with Crippen LogP contribution in [-0.2, 0) is 0 Å². The van der Waals surface area contributed by atoms with E-state index in [2.05, 4.69) is 15.5 Å². The summed E-state index contributed by atoms with van der Waals surface area (Å²) < 4.78 is 33.6. The molecule has 8 heteroatoms. The summed E-state index contributed by atoms with van der Waals surface area (Å²) in [5, 5.41) is 6.01. The van der Waals surface area contributed by atoms with Crippen molar-refractivity contribution in [2.75, 3.05) is 46.4 Å². The quantitative estimate of drug-likeness (QED) is 0.767. The summed E-state index contributed by atoms with van der Waals surface area (Å²) in [5.41, 5.74) is 0.568. The number of carbonyl (C=O) groups excluding carboxylic acids is 1. The lowest BCUT2D eigenvalue weighted by Crippen LogP contribution is -2.46. The molecule has 0 bridgehead atoms. The summed E-state index contributed by atoms with van der Waals surface area (Å²) >= 11 is 0. The lowest BCUT2D eigenvalue weighted by Gasteiger charge is -2.27. The molecule has 1 amide bonds. The third-order valence-corrected chi connectivity index (χ3v) is 4.62. The Labute approximate surface area is 169 Å². The summed E-state index contributed by atoms with van der Waals surface area (Å²) in [6, 6.07) is 8.47. The molecule has 152 valence electrons. The molecular formula is C20H24ClF2N3O2. The maximum Gasteiger partial charge on any atom is 0.254 e. The van der Waals surface area contributed by atoms with E-state index >= 15 is 0 Å². The van der Waals surface area contributed by atoms with Crippen LogP contribution in [0.3, 0.4) is 0 Å². The number of ether oxygens (including phenoxy) is 1. The van der Waals surface area contributed by atoms with Gasteiger partial charge in [0.25, 0.3) is 5.91 Å². The van der Waals surface area contributed by atoms with Gasteiger partial charge in [-0.3, -0.25) is 9.69 Å².